The monoisotopic (exact) mass is 456 g/mol. The van der Waals surface area contributed by atoms with E-state index in [1.807, 2.05) is 13.0 Å². The number of morpholine rings is 1. The van der Waals surface area contributed by atoms with Gasteiger partial charge in [0.25, 0.3) is 5.91 Å². The maximum Gasteiger partial charge on any atom is 0.263 e. The van der Waals surface area contributed by atoms with Crippen molar-refractivity contribution in [2.24, 2.45) is 0 Å². The molecular weight excluding hydrogens is 432 g/mol. The van der Waals surface area contributed by atoms with E-state index in [0.29, 0.717) is 39.4 Å². The van der Waals surface area contributed by atoms with Gasteiger partial charge in [0.1, 0.15) is 11.6 Å². The normalized spacial score (nSPS) is 15.4. The van der Waals surface area contributed by atoms with Crippen LogP contribution in [0.3, 0.4) is 0 Å². The van der Waals surface area contributed by atoms with Gasteiger partial charge in [-0.25, -0.2) is 8.42 Å². The summed E-state index contributed by atoms with van der Waals surface area (Å²) in [6, 6.07) is 6.05. The summed E-state index contributed by atoms with van der Waals surface area (Å²) >= 11 is 6.15. The summed E-state index contributed by atoms with van der Waals surface area (Å²) in [6.45, 7) is 4.59. The maximum absolute atomic E-state index is 12.8. The molecule has 30 heavy (non-hydrogen) atoms. The number of carbonyl (C=O) groups is 1. The third-order valence-electron chi connectivity index (χ3n) is 4.24. The SMILES string of the molecule is CCOCCCNC(=O)/C(C#N)=C\Nc1cc(S(=O)(=O)N2CCOCC2)ccc1Cl. The highest BCUT2D eigenvalue weighted by Crippen LogP contribution is 2.27. The Morgan fingerprint density at radius 3 is 2.80 bits per heavy atom. The molecule has 1 aromatic carbocycles. The lowest BCUT2D eigenvalue weighted by atomic mass is 10.2. The van der Waals surface area contributed by atoms with Gasteiger partial charge in [0.2, 0.25) is 10.0 Å². The van der Waals surface area contributed by atoms with Crippen molar-refractivity contribution < 1.29 is 22.7 Å². The summed E-state index contributed by atoms with van der Waals surface area (Å²) in [5.74, 6) is -0.547. The first-order valence-corrected chi connectivity index (χ1v) is 11.3. The standard InChI is InChI=1S/C19H25ClN4O5S/c1-2-28-9-3-6-22-19(25)15(13-21)14-23-18-12-16(4-5-17(18)20)30(26,27)24-7-10-29-11-8-24/h4-5,12,14,23H,2-3,6-11H2,1H3,(H,22,25)/b15-14-. The fourth-order valence-corrected chi connectivity index (χ4v) is 4.23. The van der Waals surface area contributed by atoms with Crippen LogP contribution in [0.1, 0.15) is 13.3 Å². The zero-order valence-electron chi connectivity index (χ0n) is 16.7. The summed E-state index contributed by atoms with van der Waals surface area (Å²) < 4.78 is 37.3. The molecular formula is C19H25ClN4O5S. The number of nitrogens with one attached hydrogen (secondary N) is 2. The Labute approximate surface area is 181 Å². The molecule has 0 saturated carbocycles. The smallest absolute Gasteiger partial charge is 0.263 e. The molecule has 0 radical (unpaired) electrons. The van der Waals surface area contributed by atoms with Crippen LogP contribution in [0.15, 0.2) is 34.9 Å². The summed E-state index contributed by atoms with van der Waals surface area (Å²) in [5.41, 5.74) is 0.104. The number of hydrogen-bond donors (Lipinski definition) is 2. The van der Waals surface area contributed by atoms with E-state index in [9.17, 15) is 18.5 Å². The molecule has 2 N–H and O–H groups in total. The molecule has 0 spiro atoms. The maximum atomic E-state index is 12.8. The summed E-state index contributed by atoms with van der Waals surface area (Å²) in [4.78, 5) is 12.2. The van der Waals surface area contributed by atoms with Crippen LogP contribution in [0.2, 0.25) is 5.02 Å². The van der Waals surface area contributed by atoms with Crippen molar-refractivity contribution >= 4 is 33.2 Å². The zero-order valence-corrected chi connectivity index (χ0v) is 18.3. The minimum atomic E-state index is -3.70. The largest absolute Gasteiger partial charge is 0.382 e. The molecule has 0 aliphatic carbocycles. The van der Waals surface area contributed by atoms with Gasteiger partial charge in [0.05, 0.1) is 28.8 Å². The second-order valence-electron chi connectivity index (χ2n) is 6.28. The number of carbonyl (C=O) groups excluding carboxylic acids is 1. The minimum Gasteiger partial charge on any atom is -0.382 e. The van der Waals surface area contributed by atoms with E-state index in [1.54, 1.807) is 0 Å². The average Bonchev–Trinajstić information content (AvgIpc) is 2.75. The minimum absolute atomic E-state index is 0.0589. The highest BCUT2D eigenvalue weighted by atomic mass is 35.5. The van der Waals surface area contributed by atoms with Gasteiger partial charge < -0.3 is 20.1 Å². The molecule has 0 aromatic heterocycles. The van der Waals surface area contributed by atoms with Gasteiger partial charge in [0.15, 0.2) is 0 Å². The first kappa shape index (κ1) is 24.1. The quantitative estimate of drug-likeness (QED) is 0.312. The lowest BCUT2D eigenvalue weighted by Crippen LogP contribution is -2.40. The summed E-state index contributed by atoms with van der Waals surface area (Å²) in [7, 11) is -3.70. The number of nitriles is 1. The number of nitrogens with zero attached hydrogens (tertiary/aromatic N) is 2. The first-order valence-electron chi connectivity index (χ1n) is 9.50. The Balaban J connectivity index is 2.08. The molecule has 0 atom stereocenters. The van der Waals surface area contributed by atoms with Crippen molar-refractivity contribution in [1.29, 1.82) is 5.26 Å². The van der Waals surface area contributed by atoms with Gasteiger partial charge in [-0.05, 0) is 31.5 Å². The van der Waals surface area contributed by atoms with Crippen LogP contribution < -0.4 is 10.6 Å². The van der Waals surface area contributed by atoms with Crippen molar-refractivity contribution in [3.8, 4) is 6.07 Å². The van der Waals surface area contributed by atoms with E-state index < -0.39 is 15.9 Å². The second-order valence-corrected chi connectivity index (χ2v) is 8.62. The molecule has 1 fully saturated rings. The van der Waals surface area contributed by atoms with Gasteiger partial charge in [-0.3, -0.25) is 4.79 Å². The number of ether oxygens (including phenoxy) is 2. The van der Waals surface area contributed by atoms with Crippen LogP contribution in [0, 0.1) is 11.3 Å². The number of hydrogen-bond acceptors (Lipinski definition) is 7. The van der Waals surface area contributed by atoms with E-state index in [2.05, 4.69) is 10.6 Å². The third-order valence-corrected chi connectivity index (χ3v) is 6.46. The summed E-state index contributed by atoms with van der Waals surface area (Å²) in [6.07, 6.45) is 1.82. The molecule has 1 aliphatic heterocycles. The van der Waals surface area contributed by atoms with Crippen molar-refractivity contribution in [2.45, 2.75) is 18.2 Å². The molecule has 1 aliphatic rings. The lowest BCUT2D eigenvalue weighted by Gasteiger charge is -2.26. The average molecular weight is 457 g/mol. The Kier molecular flexibility index (Phi) is 9.55. The first-order chi connectivity index (χ1) is 14.4. The molecule has 11 heteroatoms. The Morgan fingerprint density at radius 1 is 1.40 bits per heavy atom. The summed E-state index contributed by atoms with van der Waals surface area (Å²) in [5, 5.41) is 14.9. The van der Waals surface area contributed by atoms with Gasteiger partial charge in [0, 0.05) is 39.0 Å². The number of halogens is 1. The van der Waals surface area contributed by atoms with Crippen LogP contribution >= 0.6 is 11.6 Å². The van der Waals surface area contributed by atoms with Gasteiger partial charge in [-0.1, -0.05) is 11.6 Å². The van der Waals surface area contributed by atoms with Gasteiger partial charge in [-0.2, -0.15) is 9.57 Å². The molecule has 0 bridgehead atoms. The van der Waals surface area contributed by atoms with E-state index in [-0.39, 0.29) is 34.3 Å². The van der Waals surface area contributed by atoms with Crippen molar-refractivity contribution in [3.05, 3.63) is 35.0 Å². The van der Waals surface area contributed by atoms with Crippen LogP contribution in [-0.2, 0) is 24.3 Å². The van der Waals surface area contributed by atoms with E-state index in [0.717, 1.165) is 0 Å². The third kappa shape index (κ3) is 6.68. The van der Waals surface area contributed by atoms with Crippen LogP contribution in [-0.4, -0.2) is 64.7 Å². The number of anilines is 1. The molecule has 1 heterocycles. The van der Waals surface area contributed by atoms with Crippen molar-refractivity contribution in [1.82, 2.24) is 9.62 Å². The number of rotatable bonds is 10. The Bertz CT molecular complexity index is 908. The Morgan fingerprint density at radius 2 is 2.13 bits per heavy atom. The van der Waals surface area contributed by atoms with Gasteiger partial charge >= 0.3 is 0 Å². The fourth-order valence-electron chi connectivity index (χ4n) is 2.63. The molecule has 9 nitrogen and oxygen atoms in total. The van der Waals surface area contributed by atoms with Crippen LogP contribution in [0.4, 0.5) is 5.69 Å². The highest BCUT2D eigenvalue weighted by Gasteiger charge is 2.26. The van der Waals surface area contributed by atoms with Crippen LogP contribution in [0.25, 0.3) is 0 Å². The predicted octanol–water partition coefficient (Wildman–Crippen LogP) is 1.72. The predicted molar refractivity (Wildman–Crippen MR) is 112 cm³/mol. The fraction of sp³-hybridized carbons (Fsp3) is 0.474. The highest BCUT2D eigenvalue weighted by molar-refractivity contribution is 7.89. The molecule has 1 saturated heterocycles. The van der Waals surface area contributed by atoms with Crippen LogP contribution in [0.5, 0.6) is 0 Å². The second kappa shape index (κ2) is 11.9. The number of amides is 1. The molecule has 164 valence electrons. The number of sulfonamides is 1. The molecule has 1 aromatic rings. The van der Waals surface area contributed by atoms with E-state index in [1.165, 1.54) is 28.7 Å². The topological polar surface area (TPSA) is 121 Å². The van der Waals surface area contributed by atoms with E-state index >= 15 is 0 Å². The lowest BCUT2D eigenvalue weighted by molar-refractivity contribution is -0.117. The zero-order chi connectivity index (χ0) is 22.0. The molecule has 1 amide bonds. The van der Waals surface area contributed by atoms with Crippen molar-refractivity contribution in [3.63, 3.8) is 0 Å². The molecule has 0 unspecified atom stereocenters. The van der Waals surface area contributed by atoms with Gasteiger partial charge in [-0.15, -0.1) is 0 Å². The van der Waals surface area contributed by atoms with E-state index in [4.69, 9.17) is 21.1 Å². The number of benzene rings is 1. The van der Waals surface area contributed by atoms with Crippen molar-refractivity contribution in [2.75, 3.05) is 51.4 Å². The Hall–Kier alpha value is -2.16. The molecule has 2 rings (SSSR count).